The molecule has 1 fully saturated rings. The maximum Gasteiger partial charge on any atom is 0.264 e. The summed E-state index contributed by atoms with van der Waals surface area (Å²) >= 11 is 0. The van der Waals surface area contributed by atoms with E-state index in [-0.39, 0.29) is 4.91 Å². The van der Waals surface area contributed by atoms with Crippen LogP contribution in [0, 0.1) is 5.82 Å². The summed E-state index contributed by atoms with van der Waals surface area (Å²) in [6.07, 6.45) is 3.69. The molecule has 2 heterocycles. The molecule has 1 aromatic rings. The molecule has 1 N–H and O–H groups in total. The molecule has 3 rings (SSSR count). The van der Waals surface area contributed by atoms with E-state index in [0.29, 0.717) is 29.6 Å². The predicted molar refractivity (Wildman–Crippen MR) is 98.2 cm³/mol. The van der Waals surface area contributed by atoms with E-state index in [4.69, 9.17) is 0 Å². The third-order valence-corrected chi connectivity index (χ3v) is 6.44. The van der Waals surface area contributed by atoms with Gasteiger partial charge in [-0.15, -0.1) is 0 Å². The predicted octanol–water partition coefficient (Wildman–Crippen LogP) is 2.76. The molecule has 0 amide bonds. The number of amidine groups is 1. The first-order valence-corrected chi connectivity index (χ1v) is 10.2. The van der Waals surface area contributed by atoms with E-state index >= 15 is 0 Å². The lowest BCUT2D eigenvalue weighted by molar-refractivity contribution is 0.166. The van der Waals surface area contributed by atoms with E-state index in [2.05, 4.69) is 21.5 Å². The van der Waals surface area contributed by atoms with Crippen molar-refractivity contribution < 1.29 is 12.8 Å². The number of piperidine rings is 1. The van der Waals surface area contributed by atoms with Crippen LogP contribution in [0.3, 0.4) is 0 Å². The van der Waals surface area contributed by atoms with E-state index in [1.165, 1.54) is 43.5 Å². The molecule has 2 aliphatic heterocycles. The van der Waals surface area contributed by atoms with E-state index in [0.717, 1.165) is 13.1 Å². The summed E-state index contributed by atoms with van der Waals surface area (Å²) < 4.78 is 40.5. The van der Waals surface area contributed by atoms with Crippen molar-refractivity contribution in [2.75, 3.05) is 19.6 Å². The molecule has 5 nitrogen and oxygen atoms in total. The Balaban J connectivity index is 1.77. The highest BCUT2D eigenvalue weighted by atomic mass is 32.2. The molecule has 0 radical (unpaired) electrons. The lowest BCUT2D eigenvalue weighted by Gasteiger charge is -2.32. The molecule has 0 spiro atoms. The Morgan fingerprint density at radius 1 is 1.28 bits per heavy atom. The number of nitrogens with one attached hydrogen (secondary N) is 1. The molecule has 0 saturated carbocycles. The molecule has 1 unspecified atom stereocenters. The third-order valence-electron chi connectivity index (χ3n) is 4.90. The molecular formula is C18H24FN3O2S. The standard InChI is InChI=1S/C18H24FN3O2S/c1-13-5-3-4-11-22(13)12-10-20-18-14(2)17(25(23,24)21-18)15-6-8-16(19)9-7-15/h6-9,13H,3-5,10-12H2,1-2H3,(H,20,21). The zero-order valence-electron chi connectivity index (χ0n) is 14.6. The number of likely N-dealkylation sites (tertiary alicyclic amines) is 1. The average Bonchev–Trinajstić information content (AvgIpc) is 2.79. The summed E-state index contributed by atoms with van der Waals surface area (Å²) in [5.74, 6) is -0.00103. The molecule has 0 aliphatic carbocycles. The van der Waals surface area contributed by atoms with E-state index in [1.807, 2.05) is 0 Å². The van der Waals surface area contributed by atoms with Gasteiger partial charge in [0.1, 0.15) is 16.6 Å². The Morgan fingerprint density at radius 3 is 2.68 bits per heavy atom. The Bertz CT molecular complexity index is 800. The minimum Gasteiger partial charge on any atom is -0.299 e. The Morgan fingerprint density at radius 2 is 2.00 bits per heavy atom. The minimum absolute atomic E-state index is 0.178. The minimum atomic E-state index is -3.65. The summed E-state index contributed by atoms with van der Waals surface area (Å²) in [6, 6.07) is 6.04. The topological polar surface area (TPSA) is 61.8 Å². The highest BCUT2D eigenvalue weighted by molar-refractivity contribution is 8.00. The van der Waals surface area contributed by atoms with Crippen molar-refractivity contribution in [1.82, 2.24) is 9.62 Å². The molecule has 1 saturated heterocycles. The van der Waals surface area contributed by atoms with E-state index in [1.54, 1.807) is 6.92 Å². The first kappa shape index (κ1) is 18.1. The van der Waals surface area contributed by atoms with Crippen LogP contribution in [0.5, 0.6) is 0 Å². The Hall–Kier alpha value is -1.73. The first-order chi connectivity index (χ1) is 11.9. The summed E-state index contributed by atoms with van der Waals surface area (Å²) in [5, 5.41) is 0. The second-order valence-corrected chi connectivity index (χ2v) is 8.30. The van der Waals surface area contributed by atoms with Gasteiger partial charge in [-0.3, -0.25) is 14.6 Å². The molecular weight excluding hydrogens is 341 g/mol. The van der Waals surface area contributed by atoms with Crippen molar-refractivity contribution in [1.29, 1.82) is 0 Å². The molecule has 1 aromatic carbocycles. The van der Waals surface area contributed by atoms with Gasteiger partial charge < -0.3 is 0 Å². The average molecular weight is 365 g/mol. The molecule has 136 valence electrons. The van der Waals surface area contributed by atoms with Gasteiger partial charge in [0.25, 0.3) is 10.0 Å². The summed E-state index contributed by atoms with van der Waals surface area (Å²) in [5.41, 5.74) is 1.06. The molecule has 1 atom stereocenters. The first-order valence-electron chi connectivity index (χ1n) is 8.67. The maximum atomic E-state index is 13.1. The highest BCUT2D eigenvalue weighted by Gasteiger charge is 2.32. The van der Waals surface area contributed by atoms with E-state index in [9.17, 15) is 12.8 Å². The van der Waals surface area contributed by atoms with Crippen LogP contribution in [0.4, 0.5) is 4.39 Å². The van der Waals surface area contributed by atoms with E-state index < -0.39 is 15.8 Å². The Kier molecular flexibility index (Phi) is 5.24. The fourth-order valence-corrected chi connectivity index (χ4v) is 4.99. The van der Waals surface area contributed by atoms with Crippen molar-refractivity contribution >= 4 is 20.8 Å². The monoisotopic (exact) mass is 365 g/mol. The number of nitrogens with zero attached hydrogens (tertiary/aromatic N) is 2. The number of benzene rings is 1. The fraction of sp³-hybridized carbons (Fsp3) is 0.500. The van der Waals surface area contributed by atoms with Crippen LogP contribution < -0.4 is 4.72 Å². The van der Waals surface area contributed by atoms with Crippen molar-refractivity contribution in [2.24, 2.45) is 4.99 Å². The van der Waals surface area contributed by atoms with Crippen LogP contribution >= 0.6 is 0 Å². The van der Waals surface area contributed by atoms with Crippen LogP contribution in [0.1, 0.15) is 38.7 Å². The summed E-state index contributed by atoms with van der Waals surface area (Å²) in [6.45, 7) is 6.41. The van der Waals surface area contributed by atoms with Crippen LogP contribution in [0.15, 0.2) is 34.8 Å². The third kappa shape index (κ3) is 3.93. The molecule has 2 aliphatic rings. The molecule has 0 aromatic heterocycles. The van der Waals surface area contributed by atoms with Gasteiger partial charge in [-0.05, 0) is 50.9 Å². The lowest BCUT2D eigenvalue weighted by atomic mass is 10.0. The number of rotatable bonds is 4. The highest BCUT2D eigenvalue weighted by Crippen LogP contribution is 2.29. The van der Waals surface area contributed by atoms with Gasteiger partial charge >= 0.3 is 0 Å². The number of hydrogen-bond acceptors (Lipinski definition) is 4. The van der Waals surface area contributed by atoms with Gasteiger partial charge in [-0.2, -0.15) is 0 Å². The quantitative estimate of drug-likeness (QED) is 0.892. The Labute approximate surface area is 148 Å². The zero-order chi connectivity index (χ0) is 18.0. The smallest absolute Gasteiger partial charge is 0.264 e. The van der Waals surface area contributed by atoms with Gasteiger partial charge in [-0.1, -0.05) is 18.6 Å². The lowest BCUT2D eigenvalue weighted by Crippen LogP contribution is -2.39. The maximum absolute atomic E-state index is 13.1. The van der Waals surface area contributed by atoms with Gasteiger partial charge in [0, 0.05) is 18.2 Å². The summed E-state index contributed by atoms with van der Waals surface area (Å²) in [4.78, 5) is 7.05. The second kappa shape index (κ2) is 7.25. The van der Waals surface area contributed by atoms with Crippen molar-refractivity contribution in [2.45, 2.75) is 39.2 Å². The number of hydrogen-bond donors (Lipinski definition) is 1. The van der Waals surface area contributed by atoms with Gasteiger partial charge in [0.15, 0.2) is 0 Å². The largest absolute Gasteiger partial charge is 0.299 e. The molecule has 0 bridgehead atoms. The number of sulfonamides is 1. The van der Waals surface area contributed by atoms with Gasteiger partial charge in [0.05, 0.1) is 6.54 Å². The normalized spacial score (nSPS) is 25.4. The van der Waals surface area contributed by atoms with Crippen molar-refractivity contribution in [3.05, 3.63) is 41.2 Å². The van der Waals surface area contributed by atoms with Crippen LogP contribution in [-0.2, 0) is 10.0 Å². The second-order valence-electron chi connectivity index (χ2n) is 6.68. The van der Waals surface area contributed by atoms with Crippen molar-refractivity contribution in [3.8, 4) is 0 Å². The van der Waals surface area contributed by atoms with Crippen LogP contribution in [-0.4, -0.2) is 44.8 Å². The summed E-state index contributed by atoms with van der Waals surface area (Å²) in [7, 11) is -3.65. The number of aliphatic imine (C=N–C) groups is 1. The van der Waals surface area contributed by atoms with Gasteiger partial charge in [-0.25, -0.2) is 12.8 Å². The van der Waals surface area contributed by atoms with Crippen molar-refractivity contribution in [3.63, 3.8) is 0 Å². The zero-order valence-corrected chi connectivity index (χ0v) is 15.4. The fourth-order valence-electron chi connectivity index (χ4n) is 3.47. The molecule has 7 heteroatoms. The number of halogens is 1. The molecule has 25 heavy (non-hydrogen) atoms. The van der Waals surface area contributed by atoms with Gasteiger partial charge in [0.2, 0.25) is 0 Å². The van der Waals surface area contributed by atoms with Crippen LogP contribution in [0.2, 0.25) is 0 Å². The SMILES string of the molecule is CC1=C(c2ccc(F)cc2)S(=O)(=O)NC1=NCCN1CCCCC1C. The van der Waals surface area contributed by atoms with Crippen LogP contribution in [0.25, 0.3) is 4.91 Å².